The Labute approximate surface area is 107 Å². The van der Waals surface area contributed by atoms with E-state index in [9.17, 15) is 8.78 Å². The van der Waals surface area contributed by atoms with Gasteiger partial charge in [0.1, 0.15) is 11.6 Å². The molecule has 0 N–H and O–H groups in total. The van der Waals surface area contributed by atoms with Gasteiger partial charge in [0.2, 0.25) is 0 Å². The van der Waals surface area contributed by atoms with Crippen LogP contribution in [0.5, 0.6) is 0 Å². The number of nitrogens with zero attached hydrogens (tertiary/aromatic N) is 1. The van der Waals surface area contributed by atoms with Gasteiger partial charge in [-0.3, -0.25) is 4.98 Å². The molecule has 0 aliphatic heterocycles. The summed E-state index contributed by atoms with van der Waals surface area (Å²) in [5.74, 6) is -1.02. The van der Waals surface area contributed by atoms with E-state index < -0.39 is 11.6 Å². The number of benzene rings is 1. The molecule has 0 amide bonds. The number of hydrogen-bond acceptors (Lipinski definition) is 1. The van der Waals surface area contributed by atoms with Crippen LogP contribution >= 0.6 is 15.9 Å². The fraction of sp³-hybridized carbons (Fsp3) is 0.154. The van der Waals surface area contributed by atoms with Crippen molar-refractivity contribution in [1.29, 1.82) is 0 Å². The Kier molecular flexibility index (Phi) is 3.84. The van der Waals surface area contributed by atoms with E-state index in [-0.39, 0.29) is 16.8 Å². The molecule has 0 fully saturated rings. The van der Waals surface area contributed by atoms with Gasteiger partial charge in [0.25, 0.3) is 0 Å². The van der Waals surface area contributed by atoms with Crippen LogP contribution < -0.4 is 0 Å². The van der Waals surface area contributed by atoms with Crippen LogP contribution in [0.2, 0.25) is 0 Å². The lowest BCUT2D eigenvalue weighted by atomic mass is 10.0. The molecule has 0 bridgehead atoms. The van der Waals surface area contributed by atoms with Crippen LogP contribution in [0.4, 0.5) is 8.78 Å². The third-order valence-corrected chi connectivity index (χ3v) is 3.37. The lowest BCUT2D eigenvalue weighted by molar-refractivity contribution is 0.554. The van der Waals surface area contributed by atoms with Crippen LogP contribution in [0.25, 0.3) is 0 Å². The summed E-state index contributed by atoms with van der Waals surface area (Å²) in [6.45, 7) is 0. The van der Waals surface area contributed by atoms with Crippen LogP contribution in [0, 0.1) is 11.6 Å². The first kappa shape index (κ1) is 12.2. The predicted octanol–water partition coefficient (Wildman–Crippen LogP) is 4.04. The second kappa shape index (κ2) is 5.36. The summed E-state index contributed by atoms with van der Waals surface area (Å²) in [6.07, 6.45) is 3.57. The van der Waals surface area contributed by atoms with Gasteiger partial charge >= 0.3 is 0 Å². The van der Waals surface area contributed by atoms with E-state index in [1.807, 2.05) is 12.1 Å². The Balaban J connectivity index is 2.22. The van der Waals surface area contributed by atoms with Crippen molar-refractivity contribution in [3.05, 3.63) is 65.5 Å². The molecule has 0 saturated heterocycles. The minimum atomic E-state index is -0.511. The molecule has 2 rings (SSSR count). The molecule has 1 atom stereocenters. The fourth-order valence-corrected chi connectivity index (χ4v) is 2.23. The average Bonchev–Trinajstić information content (AvgIpc) is 2.35. The zero-order valence-corrected chi connectivity index (χ0v) is 10.5. The van der Waals surface area contributed by atoms with E-state index in [1.54, 1.807) is 12.4 Å². The average molecular weight is 298 g/mol. The highest BCUT2D eigenvalue weighted by Crippen LogP contribution is 2.28. The van der Waals surface area contributed by atoms with Crippen molar-refractivity contribution in [2.45, 2.75) is 11.2 Å². The number of halogens is 3. The van der Waals surface area contributed by atoms with Crippen LogP contribution in [0.1, 0.15) is 16.0 Å². The zero-order chi connectivity index (χ0) is 12.3. The minimum Gasteiger partial charge on any atom is -0.265 e. The Morgan fingerprint density at radius 1 is 1.06 bits per heavy atom. The van der Waals surface area contributed by atoms with E-state index in [2.05, 4.69) is 20.9 Å². The molecule has 2 aromatic rings. The van der Waals surface area contributed by atoms with Crippen molar-refractivity contribution in [3.63, 3.8) is 0 Å². The lowest BCUT2D eigenvalue weighted by Crippen LogP contribution is -2.01. The molecule has 1 unspecified atom stereocenters. The van der Waals surface area contributed by atoms with E-state index >= 15 is 0 Å². The highest BCUT2D eigenvalue weighted by atomic mass is 79.9. The first-order chi connectivity index (χ1) is 8.18. The largest absolute Gasteiger partial charge is 0.265 e. The Morgan fingerprint density at radius 2 is 1.65 bits per heavy atom. The molecule has 1 aromatic heterocycles. The molecular formula is C13H10BrF2N. The van der Waals surface area contributed by atoms with Gasteiger partial charge in [-0.1, -0.05) is 22.0 Å². The number of rotatable bonds is 3. The van der Waals surface area contributed by atoms with Gasteiger partial charge in [0.15, 0.2) is 0 Å². The monoisotopic (exact) mass is 297 g/mol. The van der Waals surface area contributed by atoms with E-state index in [0.717, 1.165) is 5.56 Å². The van der Waals surface area contributed by atoms with Crippen molar-refractivity contribution >= 4 is 15.9 Å². The smallest absolute Gasteiger partial charge is 0.129 e. The summed E-state index contributed by atoms with van der Waals surface area (Å²) < 4.78 is 26.9. The second-order valence-electron chi connectivity index (χ2n) is 3.65. The molecule has 0 spiro atoms. The number of aromatic nitrogens is 1. The summed E-state index contributed by atoms with van der Waals surface area (Å²) in [5.41, 5.74) is 1.05. The Hall–Kier alpha value is -1.29. The van der Waals surface area contributed by atoms with Crippen LogP contribution in [-0.4, -0.2) is 4.98 Å². The summed E-state index contributed by atoms with van der Waals surface area (Å²) >= 11 is 3.43. The third kappa shape index (κ3) is 2.88. The van der Waals surface area contributed by atoms with Gasteiger partial charge in [0.05, 0.1) is 0 Å². The highest BCUT2D eigenvalue weighted by molar-refractivity contribution is 9.09. The standard InChI is InChI=1S/C13H10BrF2N/c14-11(9-4-6-17-7-5-9)8-10-12(15)2-1-3-13(10)16/h1-7,11H,8H2. The van der Waals surface area contributed by atoms with Gasteiger partial charge in [-0.15, -0.1) is 0 Å². The number of alkyl halides is 1. The summed E-state index contributed by atoms with van der Waals surface area (Å²) in [6, 6.07) is 7.54. The summed E-state index contributed by atoms with van der Waals surface area (Å²) in [5, 5.41) is 0. The van der Waals surface area contributed by atoms with E-state index in [4.69, 9.17) is 0 Å². The van der Waals surface area contributed by atoms with Crippen molar-refractivity contribution in [1.82, 2.24) is 4.98 Å². The van der Waals surface area contributed by atoms with Crippen molar-refractivity contribution in [3.8, 4) is 0 Å². The molecule has 17 heavy (non-hydrogen) atoms. The SMILES string of the molecule is Fc1cccc(F)c1CC(Br)c1ccncc1. The number of pyridine rings is 1. The Morgan fingerprint density at radius 3 is 2.24 bits per heavy atom. The maximum Gasteiger partial charge on any atom is 0.129 e. The number of hydrogen-bond donors (Lipinski definition) is 0. The van der Waals surface area contributed by atoms with Crippen LogP contribution in [0.3, 0.4) is 0 Å². The summed E-state index contributed by atoms with van der Waals surface area (Å²) in [7, 11) is 0. The van der Waals surface area contributed by atoms with Gasteiger partial charge in [0, 0.05) is 22.8 Å². The third-order valence-electron chi connectivity index (χ3n) is 2.51. The fourth-order valence-electron chi connectivity index (χ4n) is 1.60. The molecule has 0 aliphatic carbocycles. The predicted molar refractivity (Wildman–Crippen MR) is 66.0 cm³/mol. The van der Waals surface area contributed by atoms with Gasteiger partial charge in [-0.2, -0.15) is 0 Å². The second-order valence-corrected chi connectivity index (χ2v) is 4.76. The summed E-state index contributed by atoms with van der Waals surface area (Å²) in [4.78, 5) is 3.77. The molecule has 0 aliphatic rings. The van der Waals surface area contributed by atoms with Gasteiger partial charge in [-0.05, 0) is 36.2 Å². The molecule has 0 saturated carbocycles. The molecule has 1 heterocycles. The molecule has 4 heteroatoms. The van der Waals surface area contributed by atoms with Gasteiger partial charge in [-0.25, -0.2) is 8.78 Å². The molecule has 1 aromatic carbocycles. The topological polar surface area (TPSA) is 12.9 Å². The molecule has 1 nitrogen and oxygen atoms in total. The van der Waals surface area contributed by atoms with Gasteiger partial charge < -0.3 is 0 Å². The molecular weight excluding hydrogens is 288 g/mol. The maximum atomic E-state index is 13.5. The van der Waals surface area contributed by atoms with E-state index in [0.29, 0.717) is 0 Å². The minimum absolute atomic E-state index is 0.103. The quantitative estimate of drug-likeness (QED) is 0.779. The van der Waals surface area contributed by atoms with E-state index in [1.165, 1.54) is 18.2 Å². The highest BCUT2D eigenvalue weighted by Gasteiger charge is 2.14. The maximum absolute atomic E-state index is 13.5. The molecule has 88 valence electrons. The van der Waals surface area contributed by atoms with Crippen molar-refractivity contribution in [2.75, 3.05) is 0 Å². The van der Waals surface area contributed by atoms with Crippen LogP contribution in [-0.2, 0) is 6.42 Å². The lowest BCUT2D eigenvalue weighted by Gasteiger charge is -2.11. The first-order valence-corrected chi connectivity index (χ1v) is 6.07. The normalized spacial score (nSPS) is 12.4. The Bertz CT molecular complexity index is 482. The van der Waals surface area contributed by atoms with Crippen molar-refractivity contribution < 1.29 is 8.78 Å². The first-order valence-electron chi connectivity index (χ1n) is 5.15. The van der Waals surface area contributed by atoms with Crippen LogP contribution in [0.15, 0.2) is 42.7 Å². The van der Waals surface area contributed by atoms with Crippen molar-refractivity contribution in [2.24, 2.45) is 0 Å². The molecule has 0 radical (unpaired) electrons. The zero-order valence-electron chi connectivity index (χ0n) is 8.91.